The molecule has 0 aromatic heterocycles. The van der Waals surface area contributed by atoms with Crippen LogP contribution in [0.1, 0.15) is 5.56 Å². The molecule has 1 nitrogen and oxygen atoms in total. The van der Waals surface area contributed by atoms with Crippen LogP contribution >= 0.6 is 23.4 Å². The fourth-order valence-corrected chi connectivity index (χ4v) is 1.61. The van der Waals surface area contributed by atoms with Crippen molar-refractivity contribution in [3.05, 3.63) is 28.8 Å². The number of nitrogen functional groups attached to an aromatic ring is 1. The quantitative estimate of drug-likeness (QED) is 0.721. The van der Waals surface area contributed by atoms with Gasteiger partial charge in [-0.05, 0) is 24.0 Å². The SMILES string of the molecule is CSCc1ccc(Cl)cc1N. The minimum atomic E-state index is 0.701. The lowest BCUT2D eigenvalue weighted by Crippen LogP contribution is -1.91. The maximum atomic E-state index is 5.73. The molecule has 60 valence electrons. The Bertz CT molecular complexity index is 250. The molecule has 0 aliphatic heterocycles. The molecule has 0 heterocycles. The van der Waals surface area contributed by atoms with Gasteiger partial charge in [-0.2, -0.15) is 11.8 Å². The van der Waals surface area contributed by atoms with Gasteiger partial charge >= 0.3 is 0 Å². The molecule has 0 bridgehead atoms. The van der Waals surface area contributed by atoms with Crippen LogP contribution in [0.15, 0.2) is 18.2 Å². The first-order valence-electron chi connectivity index (χ1n) is 3.27. The van der Waals surface area contributed by atoms with E-state index in [0.717, 1.165) is 17.0 Å². The van der Waals surface area contributed by atoms with E-state index in [1.54, 1.807) is 17.8 Å². The lowest BCUT2D eigenvalue weighted by molar-refractivity contribution is 1.42. The topological polar surface area (TPSA) is 26.0 Å². The first-order valence-corrected chi connectivity index (χ1v) is 5.04. The molecule has 1 rings (SSSR count). The molecular formula is C8H10ClNS. The van der Waals surface area contributed by atoms with E-state index in [1.165, 1.54) is 0 Å². The molecule has 0 saturated heterocycles. The number of anilines is 1. The molecule has 11 heavy (non-hydrogen) atoms. The highest BCUT2D eigenvalue weighted by Gasteiger charge is 1.97. The Labute approximate surface area is 75.9 Å². The summed E-state index contributed by atoms with van der Waals surface area (Å²) in [6.45, 7) is 0. The molecule has 0 spiro atoms. The van der Waals surface area contributed by atoms with Crippen LogP contribution in [0, 0.1) is 0 Å². The summed E-state index contributed by atoms with van der Waals surface area (Å²) in [5.74, 6) is 0.947. The van der Waals surface area contributed by atoms with Crippen molar-refractivity contribution in [3.63, 3.8) is 0 Å². The van der Waals surface area contributed by atoms with Crippen molar-refractivity contribution >= 4 is 29.1 Å². The summed E-state index contributed by atoms with van der Waals surface area (Å²) in [7, 11) is 0. The summed E-state index contributed by atoms with van der Waals surface area (Å²) >= 11 is 7.48. The number of hydrogen-bond acceptors (Lipinski definition) is 2. The maximum absolute atomic E-state index is 5.73. The minimum Gasteiger partial charge on any atom is -0.398 e. The zero-order valence-corrected chi connectivity index (χ0v) is 7.88. The predicted molar refractivity (Wildman–Crippen MR) is 53.1 cm³/mol. The molecule has 2 N–H and O–H groups in total. The summed E-state index contributed by atoms with van der Waals surface area (Å²) < 4.78 is 0. The first kappa shape index (κ1) is 8.75. The highest BCUT2D eigenvalue weighted by Crippen LogP contribution is 2.20. The van der Waals surface area contributed by atoms with Gasteiger partial charge in [0.2, 0.25) is 0 Å². The zero-order valence-electron chi connectivity index (χ0n) is 6.30. The average molecular weight is 188 g/mol. The Kier molecular flexibility index (Phi) is 3.09. The normalized spacial score (nSPS) is 10.0. The van der Waals surface area contributed by atoms with Gasteiger partial charge in [0.15, 0.2) is 0 Å². The molecular weight excluding hydrogens is 178 g/mol. The van der Waals surface area contributed by atoms with Gasteiger partial charge in [-0.3, -0.25) is 0 Å². The molecule has 0 saturated carbocycles. The van der Waals surface area contributed by atoms with Crippen LogP contribution in [-0.4, -0.2) is 6.26 Å². The summed E-state index contributed by atoms with van der Waals surface area (Å²) in [5, 5.41) is 0.701. The Morgan fingerprint density at radius 3 is 2.82 bits per heavy atom. The molecule has 3 heteroatoms. The van der Waals surface area contributed by atoms with Gasteiger partial charge in [0.05, 0.1) is 0 Å². The third kappa shape index (κ3) is 2.31. The van der Waals surface area contributed by atoms with Gasteiger partial charge in [-0.1, -0.05) is 17.7 Å². The summed E-state index contributed by atoms with van der Waals surface area (Å²) in [4.78, 5) is 0. The van der Waals surface area contributed by atoms with Crippen molar-refractivity contribution < 1.29 is 0 Å². The largest absolute Gasteiger partial charge is 0.398 e. The van der Waals surface area contributed by atoms with E-state index < -0.39 is 0 Å². The van der Waals surface area contributed by atoms with Crippen LogP contribution in [0.25, 0.3) is 0 Å². The Morgan fingerprint density at radius 2 is 2.27 bits per heavy atom. The fraction of sp³-hybridized carbons (Fsp3) is 0.250. The highest BCUT2D eigenvalue weighted by molar-refractivity contribution is 7.97. The van der Waals surface area contributed by atoms with Crippen molar-refractivity contribution in [1.29, 1.82) is 0 Å². The van der Waals surface area contributed by atoms with E-state index in [9.17, 15) is 0 Å². The number of nitrogens with two attached hydrogens (primary N) is 1. The van der Waals surface area contributed by atoms with Gasteiger partial charge in [0.25, 0.3) is 0 Å². The maximum Gasteiger partial charge on any atom is 0.0426 e. The Morgan fingerprint density at radius 1 is 1.55 bits per heavy atom. The molecule has 1 aromatic rings. The number of hydrogen-bond donors (Lipinski definition) is 1. The van der Waals surface area contributed by atoms with Gasteiger partial charge in [0, 0.05) is 16.5 Å². The second-order valence-corrected chi connectivity index (χ2v) is 3.58. The van der Waals surface area contributed by atoms with Gasteiger partial charge in [-0.15, -0.1) is 0 Å². The van der Waals surface area contributed by atoms with Crippen molar-refractivity contribution in [2.45, 2.75) is 5.75 Å². The van der Waals surface area contributed by atoms with E-state index >= 15 is 0 Å². The molecule has 1 aromatic carbocycles. The number of thioether (sulfide) groups is 1. The Balaban J connectivity index is 2.90. The van der Waals surface area contributed by atoms with Gasteiger partial charge in [0.1, 0.15) is 0 Å². The second-order valence-electron chi connectivity index (χ2n) is 2.28. The average Bonchev–Trinajstić information content (AvgIpc) is 1.95. The van der Waals surface area contributed by atoms with Crippen LogP contribution < -0.4 is 5.73 Å². The number of benzene rings is 1. The van der Waals surface area contributed by atoms with Crippen LogP contribution in [-0.2, 0) is 5.75 Å². The van der Waals surface area contributed by atoms with E-state index in [4.69, 9.17) is 17.3 Å². The Hall–Kier alpha value is -0.340. The molecule has 0 unspecified atom stereocenters. The third-order valence-corrected chi connectivity index (χ3v) is 2.24. The molecule has 0 radical (unpaired) electrons. The first-order chi connectivity index (χ1) is 5.24. The minimum absolute atomic E-state index is 0.701. The van der Waals surface area contributed by atoms with E-state index in [-0.39, 0.29) is 0 Å². The van der Waals surface area contributed by atoms with Crippen molar-refractivity contribution in [2.24, 2.45) is 0 Å². The van der Waals surface area contributed by atoms with E-state index in [0.29, 0.717) is 5.02 Å². The molecule has 0 atom stereocenters. The number of halogens is 1. The van der Waals surface area contributed by atoms with Crippen LogP contribution in [0.3, 0.4) is 0 Å². The van der Waals surface area contributed by atoms with Crippen LogP contribution in [0.4, 0.5) is 5.69 Å². The molecule has 0 aliphatic carbocycles. The van der Waals surface area contributed by atoms with Crippen molar-refractivity contribution in [1.82, 2.24) is 0 Å². The summed E-state index contributed by atoms with van der Waals surface area (Å²) in [6.07, 6.45) is 2.05. The fourth-order valence-electron chi connectivity index (χ4n) is 0.853. The molecule has 0 aliphatic rings. The smallest absolute Gasteiger partial charge is 0.0426 e. The second kappa shape index (κ2) is 3.88. The molecule has 0 amide bonds. The van der Waals surface area contributed by atoms with Crippen molar-refractivity contribution in [2.75, 3.05) is 12.0 Å². The summed E-state index contributed by atoms with van der Waals surface area (Å²) in [5.41, 5.74) is 7.65. The monoisotopic (exact) mass is 187 g/mol. The zero-order chi connectivity index (χ0) is 8.27. The predicted octanol–water partition coefficient (Wildman–Crippen LogP) is 2.79. The van der Waals surface area contributed by atoms with Crippen LogP contribution in [0.2, 0.25) is 5.02 Å². The summed E-state index contributed by atoms with van der Waals surface area (Å²) in [6, 6.07) is 5.62. The highest BCUT2D eigenvalue weighted by atomic mass is 35.5. The van der Waals surface area contributed by atoms with E-state index in [1.807, 2.05) is 18.4 Å². The van der Waals surface area contributed by atoms with Crippen LogP contribution in [0.5, 0.6) is 0 Å². The van der Waals surface area contributed by atoms with Gasteiger partial charge < -0.3 is 5.73 Å². The van der Waals surface area contributed by atoms with Gasteiger partial charge in [-0.25, -0.2) is 0 Å². The van der Waals surface area contributed by atoms with Crippen molar-refractivity contribution in [3.8, 4) is 0 Å². The standard InChI is InChI=1S/C8H10ClNS/c1-11-5-6-2-3-7(9)4-8(6)10/h2-4H,5,10H2,1H3. The van der Waals surface area contributed by atoms with E-state index in [2.05, 4.69) is 0 Å². The lowest BCUT2D eigenvalue weighted by Gasteiger charge is -2.02. The molecule has 0 fully saturated rings. The lowest BCUT2D eigenvalue weighted by atomic mass is 10.2. The number of rotatable bonds is 2. The third-order valence-electron chi connectivity index (χ3n) is 1.41.